The van der Waals surface area contributed by atoms with E-state index in [1.54, 1.807) is 36.1 Å². The van der Waals surface area contributed by atoms with Gasteiger partial charge in [0, 0.05) is 43.0 Å². The van der Waals surface area contributed by atoms with E-state index in [1.807, 2.05) is 49.4 Å². The zero-order valence-electron chi connectivity index (χ0n) is 22.9. The van der Waals surface area contributed by atoms with Crippen LogP contribution in [-0.2, 0) is 6.42 Å². The minimum absolute atomic E-state index is 0.197. The molecule has 1 fully saturated rings. The average Bonchev–Trinajstić information content (AvgIpc) is 3.40. The van der Waals surface area contributed by atoms with Gasteiger partial charge in [-0.15, -0.1) is 0 Å². The Morgan fingerprint density at radius 3 is 2.55 bits per heavy atom. The van der Waals surface area contributed by atoms with Gasteiger partial charge < -0.3 is 25.4 Å². The summed E-state index contributed by atoms with van der Waals surface area (Å²) >= 11 is 0. The van der Waals surface area contributed by atoms with Crippen molar-refractivity contribution in [3.05, 3.63) is 83.7 Å². The van der Waals surface area contributed by atoms with Gasteiger partial charge in [0.2, 0.25) is 0 Å². The first-order valence-electron chi connectivity index (χ1n) is 13.7. The van der Waals surface area contributed by atoms with Crippen LogP contribution in [0.25, 0.3) is 10.9 Å². The first-order valence-corrected chi connectivity index (χ1v) is 13.7. The van der Waals surface area contributed by atoms with Crippen LogP contribution >= 0.6 is 0 Å². The monoisotopic (exact) mass is 541 g/mol. The standard InChI is InChI=1S/C31H35N5O4/c1-3-21-18-27-25(11-15-36(27)31(39)32-2)19-28(21)40-26-8-12-33-29(20-26)34-30(38)24-6-4-22(5-7-24)23-9-13-35(14-10-23)16-17-37/h4-8,11-12,15,18-20,23,37H,3,9-10,13-14,16-17H2,1-2H3,(H,32,39)(H,33,34,38). The lowest BCUT2D eigenvalue weighted by Crippen LogP contribution is -2.34. The molecule has 0 unspecified atom stereocenters. The van der Waals surface area contributed by atoms with Crippen LogP contribution in [-0.4, -0.2) is 64.8 Å². The number of piperidine rings is 1. The molecule has 9 nitrogen and oxygen atoms in total. The van der Waals surface area contributed by atoms with Gasteiger partial charge >= 0.3 is 6.03 Å². The van der Waals surface area contributed by atoms with Crippen molar-refractivity contribution in [1.82, 2.24) is 19.8 Å². The molecule has 2 aromatic carbocycles. The van der Waals surface area contributed by atoms with E-state index >= 15 is 0 Å². The molecule has 1 saturated heterocycles. The number of β-amino-alcohol motifs (C(OH)–C–C–N with tert-alkyl or cyclic N) is 1. The second-order valence-corrected chi connectivity index (χ2v) is 10.0. The summed E-state index contributed by atoms with van der Waals surface area (Å²) in [5, 5.41) is 15.6. The minimum Gasteiger partial charge on any atom is -0.457 e. The molecule has 1 aliphatic heterocycles. The van der Waals surface area contributed by atoms with Crippen molar-refractivity contribution in [2.75, 3.05) is 38.6 Å². The quantitative estimate of drug-likeness (QED) is 0.290. The third-order valence-electron chi connectivity index (χ3n) is 7.53. The van der Waals surface area contributed by atoms with E-state index in [0.717, 1.165) is 55.4 Å². The first kappa shape index (κ1) is 27.4. The summed E-state index contributed by atoms with van der Waals surface area (Å²) in [4.78, 5) is 31.7. The maximum atomic E-state index is 13.0. The molecule has 3 heterocycles. The molecule has 208 valence electrons. The highest BCUT2D eigenvalue weighted by atomic mass is 16.5. The van der Waals surface area contributed by atoms with E-state index in [9.17, 15) is 9.59 Å². The van der Waals surface area contributed by atoms with Crippen LogP contribution in [0.2, 0.25) is 0 Å². The van der Waals surface area contributed by atoms with Gasteiger partial charge in [-0.05, 0) is 85.8 Å². The van der Waals surface area contributed by atoms with E-state index < -0.39 is 0 Å². The molecule has 1 aliphatic rings. The molecule has 0 atom stereocenters. The fourth-order valence-corrected chi connectivity index (χ4v) is 5.27. The molecule has 4 aromatic rings. The summed E-state index contributed by atoms with van der Waals surface area (Å²) < 4.78 is 7.80. The number of benzene rings is 2. The Kier molecular flexibility index (Phi) is 8.42. The van der Waals surface area contributed by atoms with Gasteiger partial charge in [-0.2, -0.15) is 0 Å². The summed E-state index contributed by atoms with van der Waals surface area (Å²) in [6.45, 7) is 4.92. The molecular formula is C31H35N5O4. The Bertz CT molecular complexity index is 1490. The number of nitrogens with one attached hydrogen (secondary N) is 2. The van der Waals surface area contributed by atoms with Crippen LogP contribution < -0.4 is 15.4 Å². The number of likely N-dealkylation sites (tertiary alicyclic amines) is 1. The zero-order valence-corrected chi connectivity index (χ0v) is 22.9. The Hall–Kier alpha value is -4.21. The van der Waals surface area contributed by atoms with Crippen molar-refractivity contribution in [2.24, 2.45) is 0 Å². The fourth-order valence-electron chi connectivity index (χ4n) is 5.27. The van der Waals surface area contributed by atoms with Gasteiger partial charge in [-0.1, -0.05) is 19.1 Å². The third kappa shape index (κ3) is 6.00. The van der Waals surface area contributed by atoms with Gasteiger partial charge in [0.15, 0.2) is 0 Å². The maximum Gasteiger partial charge on any atom is 0.325 e. The van der Waals surface area contributed by atoms with E-state index in [2.05, 4.69) is 20.5 Å². The fraction of sp³-hybridized carbons (Fsp3) is 0.323. The number of hydrogen-bond acceptors (Lipinski definition) is 6. The van der Waals surface area contributed by atoms with Crippen molar-refractivity contribution < 1.29 is 19.4 Å². The number of aryl methyl sites for hydroxylation is 1. The van der Waals surface area contributed by atoms with Gasteiger partial charge in [0.05, 0.1) is 12.1 Å². The highest BCUT2D eigenvalue weighted by Gasteiger charge is 2.20. The van der Waals surface area contributed by atoms with E-state index in [1.165, 1.54) is 5.56 Å². The van der Waals surface area contributed by atoms with E-state index in [0.29, 0.717) is 28.8 Å². The van der Waals surface area contributed by atoms with Crippen molar-refractivity contribution >= 4 is 28.7 Å². The smallest absolute Gasteiger partial charge is 0.325 e. The second kappa shape index (κ2) is 12.3. The number of anilines is 1. The molecule has 0 saturated carbocycles. The number of fused-ring (bicyclic) bond motifs is 1. The van der Waals surface area contributed by atoms with Gasteiger partial charge in [0.25, 0.3) is 5.91 Å². The number of carbonyl (C=O) groups excluding carboxylic acids is 2. The Balaban J connectivity index is 1.25. The molecule has 40 heavy (non-hydrogen) atoms. The highest BCUT2D eigenvalue weighted by molar-refractivity contribution is 6.03. The molecule has 2 amide bonds. The van der Waals surface area contributed by atoms with Crippen molar-refractivity contribution in [2.45, 2.75) is 32.1 Å². The maximum absolute atomic E-state index is 13.0. The number of aliphatic hydroxyl groups excluding tert-OH is 1. The highest BCUT2D eigenvalue weighted by Crippen LogP contribution is 2.32. The number of aliphatic hydroxyl groups is 1. The molecule has 0 spiro atoms. The van der Waals surface area contributed by atoms with Gasteiger partial charge in [0.1, 0.15) is 17.3 Å². The topological polar surface area (TPSA) is 109 Å². The van der Waals surface area contributed by atoms with Crippen LogP contribution in [0.5, 0.6) is 11.5 Å². The third-order valence-corrected chi connectivity index (χ3v) is 7.53. The largest absolute Gasteiger partial charge is 0.457 e. The van der Waals surface area contributed by atoms with Crippen LogP contribution in [0.15, 0.2) is 67.0 Å². The van der Waals surface area contributed by atoms with E-state index in [-0.39, 0.29) is 18.5 Å². The summed E-state index contributed by atoms with van der Waals surface area (Å²) in [7, 11) is 1.60. The molecule has 9 heteroatoms. The predicted molar refractivity (Wildman–Crippen MR) is 155 cm³/mol. The SMILES string of the molecule is CCc1cc2c(ccn2C(=O)NC)cc1Oc1ccnc(NC(=O)c2ccc(C3CCN(CCO)CC3)cc2)c1. The number of aromatic nitrogens is 2. The lowest BCUT2D eigenvalue weighted by atomic mass is 9.89. The second-order valence-electron chi connectivity index (χ2n) is 10.0. The molecule has 0 radical (unpaired) electrons. The zero-order chi connectivity index (χ0) is 28.1. The van der Waals surface area contributed by atoms with Gasteiger partial charge in [-0.25, -0.2) is 9.78 Å². The number of rotatable bonds is 8. The number of nitrogens with zero attached hydrogens (tertiary/aromatic N) is 3. The number of ether oxygens (including phenoxy) is 1. The van der Waals surface area contributed by atoms with Crippen LogP contribution in [0, 0.1) is 0 Å². The van der Waals surface area contributed by atoms with Crippen molar-refractivity contribution in [3.8, 4) is 11.5 Å². The summed E-state index contributed by atoms with van der Waals surface area (Å²) in [6.07, 6.45) is 6.16. The van der Waals surface area contributed by atoms with Crippen molar-refractivity contribution in [1.29, 1.82) is 0 Å². The summed E-state index contributed by atoms with van der Waals surface area (Å²) in [5.41, 5.74) is 3.57. The van der Waals surface area contributed by atoms with E-state index in [4.69, 9.17) is 9.84 Å². The summed E-state index contributed by atoms with van der Waals surface area (Å²) in [6, 6.07) is 16.8. The van der Waals surface area contributed by atoms with Crippen LogP contribution in [0.4, 0.5) is 10.6 Å². The van der Waals surface area contributed by atoms with Crippen molar-refractivity contribution in [3.63, 3.8) is 0 Å². The van der Waals surface area contributed by atoms with Gasteiger partial charge in [-0.3, -0.25) is 9.36 Å². The summed E-state index contributed by atoms with van der Waals surface area (Å²) in [5.74, 6) is 1.86. The Morgan fingerprint density at radius 2 is 1.85 bits per heavy atom. The normalized spacial score (nSPS) is 14.3. The minimum atomic E-state index is -0.236. The van der Waals surface area contributed by atoms with Crippen LogP contribution in [0.1, 0.15) is 47.2 Å². The Morgan fingerprint density at radius 1 is 1.07 bits per heavy atom. The number of amides is 2. The molecule has 5 rings (SSSR count). The molecule has 0 aliphatic carbocycles. The average molecular weight is 542 g/mol. The Labute approximate surface area is 233 Å². The molecule has 0 bridgehead atoms. The lowest BCUT2D eigenvalue weighted by Gasteiger charge is -2.31. The lowest BCUT2D eigenvalue weighted by molar-refractivity contribution is 0.102. The predicted octanol–water partition coefficient (Wildman–Crippen LogP) is 5.00. The molecule has 2 aromatic heterocycles. The molecule has 3 N–H and O–H groups in total. The van der Waals surface area contributed by atoms with Crippen LogP contribution in [0.3, 0.4) is 0 Å². The molecular weight excluding hydrogens is 506 g/mol. The number of hydrogen-bond donors (Lipinski definition) is 3. The number of pyridine rings is 1. The first-order chi connectivity index (χ1) is 19.5. The number of carbonyl (C=O) groups is 2.